The van der Waals surface area contributed by atoms with E-state index in [1.54, 1.807) is 0 Å². The van der Waals surface area contributed by atoms with Crippen LogP contribution >= 0.6 is 0 Å². The van der Waals surface area contributed by atoms with Gasteiger partial charge in [0.1, 0.15) is 0 Å². The van der Waals surface area contributed by atoms with Gasteiger partial charge in [0.2, 0.25) is 0 Å². The average molecular weight is 308 g/mol. The standard InChI is InChI=1S/C14H16F4O3/c15-11-8(4-5-19)12(16)14(18)9(13(11)17)7-21-10-3-1-2-6-20-10/h10,19H,1-7H2. The van der Waals surface area contributed by atoms with E-state index in [1.807, 2.05) is 0 Å². The molecule has 1 unspecified atom stereocenters. The van der Waals surface area contributed by atoms with Crippen LogP contribution in [0.15, 0.2) is 0 Å². The van der Waals surface area contributed by atoms with Crippen molar-refractivity contribution in [3.63, 3.8) is 0 Å². The summed E-state index contributed by atoms with van der Waals surface area (Å²) in [6.45, 7) is -0.748. The van der Waals surface area contributed by atoms with E-state index in [-0.39, 0.29) is 0 Å². The number of aliphatic hydroxyl groups is 1. The second-order valence-electron chi connectivity index (χ2n) is 4.79. The van der Waals surface area contributed by atoms with Crippen molar-refractivity contribution in [2.75, 3.05) is 13.2 Å². The fourth-order valence-corrected chi connectivity index (χ4v) is 2.20. The first-order valence-corrected chi connectivity index (χ1v) is 6.74. The van der Waals surface area contributed by atoms with E-state index in [2.05, 4.69) is 0 Å². The summed E-state index contributed by atoms with van der Waals surface area (Å²) in [5.74, 6) is -5.97. The number of benzene rings is 1. The Morgan fingerprint density at radius 3 is 2.14 bits per heavy atom. The molecule has 0 bridgehead atoms. The Hall–Kier alpha value is -1.18. The largest absolute Gasteiger partial charge is 0.396 e. The number of rotatable bonds is 5. The monoisotopic (exact) mass is 308 g/mol. The fourth-order valence-electron chi connectivity index (χ4n) is 2.20. The molecule has 1 aromatic rings. The minimum absolute atomic E-state index is 0.480. The van der Waals surface area contributed by atoms with Gasteiger partial charge in [0.25, 0.3) is 0 Å². The minimum atomic E-state index is -1.49. The van der Waals surface area contributed by atoms with Gasteiger partial charge in [0.05, 0.1) is 12.2 Å². The van der Waals surface area contributed by atoms with Crippen molar-refractivity contribution in [2.24, 2.45) is 0 Å². The van der Waals surface area contributed by atoms with Crippen molar-refractivity contribution in [3.05, 3.63) is 34.4 Å². The zero-order valence-corrected chi connectivity index (χ0v) is 11.3. The molecule has 0 aromatic heterocycles. The molecule has 1 atom stereocenters. The van der Waals surface area contributed by atoms with Crippen LogP contribution < -0.4 is 0 Å². The summed E-state index contributed by atoms with van der Waals surface area (Å²) >= 11 is 0. The van der Waals surface area contributed by atoms with Crippen molar-refractivity contribution in [1.29, 1.82) is 0 Å². The predicted molar refractivity (Wildman–Crippen MR) is 65.4 cm³/mol. The highest BCUT2D eigenvalue weighted by molar-refractivity contribution is 5.29. The fraction of sp³-hybridized carbons (Fsp3) is 0.571. The third kappa shape index (κ3) is 3.53. The first-order chi connectivity index (χ1) is 10.1. The summed E-state index contributed by atoms with van der Waals surface area (Å²) in [6, 6.07) is 0. The van der Waals surface area contributed by atoms with Crippen molar-refractivity contribution < 1.29 is 32.1 Å². The van der Waals surface area contributed by atoms with Crippen LogP contribution in [0, 0.1) is 23.3 Å². The van der Waals surface area contributed by atoms with Gasteiger partial charge in [-0.1, -0.05) is 0 Å². The van der Waals surface area contributed by atoms with Crippen LogP contribution in [0.3, 0.4) is 0 Å². The lowest BCUT2D eigenvalue weighted by molar-refractivity contribution is -0.169. The number of ether oxygens (including phenoxy) is 2. The van der Waals surface area contributed by atoms with E-state index in [1.165, 1.54) is 0 Å². The molecule has 1 N–H and O–H groups in total. The Labute approximate surface area is 119 Å². The van der Waals surface area contributed by atoms with Crippen molar-refractivity contribution >= 4 is 0 Å². The first kappa shape index (κ1) is 16.2. The molecule has 1 aliphatic rings. The summed E-state index contributed by atoms with van der Waals surface area (Å²) in [4.78, 5) is 0. The van der Waals surface area contributed by atoms with Gasteiger partial charge < -0.3 is 14.6 Å². The number of hydrogen-bond donors (Lipinski definition) is 1. The zero-order chi connectivity index (χ0) is 15.4. The minimum Gasteiger partial charge on any atom is -0.396 e. The Kier molecular flexibility index (Phi) is 5.55. The third-order valence-electron chi connectivity index (χ3n) is 3.36. The van der Waals surface area contributed by atoms with Gasteiger partial charge in [-0.15, -0.1) is 0 Å². The van der Waals surface area contributed by atoms with Crippen LogP contribution in [0.1, 0.15) is 30.4 Å². The molecular formula is C14H16F4O3. The van der Waals surface area contributed by atoms with Crippen LogP contribution in [0.4, 0.5) is 17.6 Å². The molecular weight excluding hydrogens is 292 g/mol. The molecule has 118 valence electrons. The maximum absolute atomic E-state index is 13.8. The maximum Gasteiger partial charge on any atom is 0.167 e. The lowest BCUT2D eigenvalue weighted by Gasteiger charge is -2.23. The van der Waals surface area contributed by atoms with Crippen molar-refractivity contribution in [2.45, 2.75) is 38.6 Å². The number of halogens is 4. The summed E-state index contributed by atoms with van der Waals surface area (Å²) in [6.07, 6.45) is 1.17. The van der Waals surface area contributed by atoms with Crippen LogP contribution in [-0.2, 0) is 22.5 Å². The highest BCUT2D eigenvalue weighted by Crippen LogP contribution is 2.26. The van der Waals surface area contributed by atoms with E-state index >= 15 is 0 Å². The molecule has 0 amide bonds. The molecule has 1 aromatic carbocycles. The topological polar surface area (TPSA) is 38.7 Å². The summed E-state index contributed by atoms with van der Waals surface area (Å²) in [5, 5.41) is 8.67. The quantitative estimate of drug-likeness (QED) is 0.671. The smallest absolute Gasteiger partial charge is 0.167 e. The molecule has 21 heavy (non-hydrogen) atoms. The van der Waals surface area contributed by atoms with Crippen molar-refractivity contribution in [3.8, 4) is 0 Å². The van der Waals surface area contributed by atoms with Gasteiger partial charge in [-0.3, -0.25) is 0 Å². The first-order valence-electron chi connectivity index (χ1n) is 6.74. The average Bonchev–Trinajstić information content (AvgIpc) is 2.51. The molecule has 1 heterocycles. The molecule has 7 heteroatoms. The molecule has 1 saturated heterocycles. The van der Waals surface area contributed by atoms with Gasteiger partial charge in [0, 0.05) is 25.2 Å². The molecule has 0 spiro atoms. The van der Waals surface area contributed by atoms with E-state index < -0.39 is 60.3 Å². The predicted octanol–water partition coefficient (Wildman–Crippen LogP) is 2.82. The molecule has 1 aliphatic heterocycles. The van der Waals surface area contributed by atoms with Gasteiger partial charge in [0.15, 0.2) is 29.6 Å². The van der Waals surface area contributed by atoms with Crippen LogP contribution in [0.25, 0.3) is 0 Å². The SMILES string of the molecule is OCCc1c(F)c(F)c(COC2CCCCO2)c(F)c1F. The molecule has 0 radical (unpaired) electrons. The lowest BCUT2D eigenvalue weighted by atomic mass is 10.1. The lowest BCUT2D eigenvalue weighted by Crippen LogP contribution is -2.23. The highest BCUT2D eigenvalue weighted by atomic mass is 19.2. The molecule has 3 nitrogen and oxygen atoms in total. The summed E-state index contributed by atoms with van der Waals surface area (Å²) in [7, 11) is 0. The van der Waals surface area contributed by atoms with E-state index in [4.69, 9.17) is 14.6 Å². The zero-order valence-electron chi connectivity index (χ0n) is 11.3. The Morgan fingerprint density at radius 1 is 1.00 bits per heavy atom. The van der Waals surface area contributed by atoms with Gasteiger partial charge in [-0.25, -0.2) is 17.6 Å². The normalized spacial score (nSPS) is 19.0. The molecule has 2 rings (SSSR count). The number of hydrogen-bond acceptors (Lipinski definition) is 3. The van der Waals surface area contributed by atoms with E-state index in [0.717, 1.165) is 12.8 Å². The molecule has 1 fully saturated rings. The summed E-state index contributed by atoms with van der Waals surface area (Å²) < 4.78 is 65.3. The molecule has 0 aliphatic carbocycles. The third-order valence-corrected chi connectivity index (χ3v) is 3.36. The Balaban J connectivity index is 2.19. The van der Waals surface area contributed by atoms with Crippen LogP contribution in [0.2, 0.25) is 0 Å². The van der Waals surface area contributed by atoms with Crippen molar-refractivity contribution in [1.82, 2.24) is 0 Å². The van der Waals surface area contributed by atoms with Crippen LogP contribution in [-0.4, -0.2) is 24.6 Å². The second-order valence-corrected chi connectivity index (χ2v) is 4.79. The highest BCUT2D eigenvalue weighted by Gasteiger charge is 2.26. The second kappa shape index (κ2) is 7.20. The number of aliphatic hydroxyl groups excluding tert-OH is 1. The summed E-state index contributed by atoms with van der Waals surface area (Å²) in [5.41, 5.74) is -1.61. The van der Waals surface area contributed by atoms with E-state index in [0.29, 0.717) is 13.0 Å². The van der Waals surface area contributed by atoms with Crippen LogP contribution in [0.5, 0.6) is 0 Å². The molecule has 0 saturated carbocycles. The van der Waals surface area contributed by atoms with Gasteiger partial charge >= 0.3 is 0 Å². The van der Waals surface area contributed by atoms with Gasteiger partial charge in [-0.2, -0.15) is 0 Å². The maximum atomic E-state index is 13.8. The van der Waals surface area contributed by atoms with E-state index in [9.17, 15) is 17.6 Å². The Morgan fingerprint density at radius 2 is 1.62 bits per heavy atom. The Bertz CT molecular complexity index is 472. The van der Waals surface area contributed by atoms with Gasteiger partial charge in [-0.05, 0) is 19.3 Å².